The molecule has 0 spiro atoms. The predicted molar refractivity (Wildman–Crippen MR) is 76.9 cm³/mol. The number of nitrogens with zero attached hydrogens (tertiary/aromatic N) is 1. The molecule has 0 radical (unpaired) electrons. The van der Waals surface area contributed by atoms with Crippen LogP contribution in [0, 0.1) is 0 Å². The van der Waals surface area contributed by atoms with Crippen LogP contribution in [0.4, 0.5) is 5.69 Å². The van der Waals surface area contributed by atoms with Gasteiger partial charge in [0.15, 0.2) is 0 Å². The number of carbonyl (C=O) groups is 2. The molecule has 6 heteroatoms. The van der Waals surface area contributed by atoms with E-state index in [1.165, 1.54) is 0 Å². The maximum Gasteiger partial charge on any atom is 0.251 e. The lowest BCUT2D eigenvalue weighted by Crippen LogP contribution is -2.25. The van der Waals surface area contributed by atoms with Crippen LogP contribution in [0.15, 0.2) is 29.1 Å². The van der Waals surface area contributed by atoms with E-state index in [0.29, 0.717) is 18.5 Å². The number of amides is 2. The first-order valence-electron chi connectivity index (χ1n) is 6.30. The summed E-state index contributed by atoms with van der Waals surface area (Å²) >= 11 is 1.54. The largest absolute Gasteiger partial charge is 0.352 e. The van der Waals surface area contributed by atoms with E-state index < -0.39 is 0 Å². The summed E-state index contributed by atoms with van der Waals surface area (Å²) in [5.41, 5.74) is 5.00. The number of anilines is 1. The lowest BCUT2D eigenvalue weighted by molar-refractivity contribution is -0.115. The van der Waals surface area contributed by atoms with Crippen LogP contribution < -0.4 is 10.6 Å². The molecule has 5 nitrogen and oxygen atoms in total. The Morgan fingerprint density at radius 1 is 1.45 bits per heavy atom. The Kier molecular flexibility index (Phi) is 3.47. The normalized spacial score (nSPS) is 12.9. The molecular weight excluding hydrogens is 274 g/mol. The molecule has 2 N–H and O–H groups in total. The summed E-state index contributed by atoms with van der Waals surface area (Å²) in [5, 5.41) is 7.57. The fourth-order valence-electron chi connectivity index (χ4n) is 2.12. The molecule has 2 amide bonds. The van der Waals surface area contributed by atoms with Crippen LogP contribution >= 0.6 is 11.3 Å². The van der Waals surface area contributed by atoms with Gasteiger partial charge in [0.2, 0.25) is 5.91 Å². The lowest BCUT2D eigenvalue weighted by Gasteiger charge is -2.06. The van der Waals surface area contributed by atoms with Crippen molar-refractivity contribution in [2.45, 2.75) is 12.8 Å². The summed E-state index contributed by atoms with van der Waals surface area (Å²) in [6.45, 7) is 0.548. The van der Waals surface area contributed by atoms with E-state index in [4.69, 9.17) is 0 Å². The quantitative estimate of drug-likeness (QED) is 0.897. The highest BCUT2D eigenvalue weighted by atomic mass is 32.1. The van der Waals surface area contributed by atoms with E-state index in [1.807, 2.05) is 11.4 Å². The van der Waals surface area contributed by atoms with Gasteiger partial charge in [0, 0.05) is 29.6 Å². The fraction of sp³-hybridized carbons (Fsp3) is 0.214. The molecule has 1 aromatic heterocycles. The Bertz CT molecular complexity index is 652. The van der Waals surface area contributed by atoms with Crippen LogP contribution in [0.5, 0.6) is 0 Å². The molecule has 1 aromatic carbocycles. The molecule has 0 aliphatic carbocycles. The summed E-state index contributed by atoms with van der Waals surface area (Å²) in [5.74, 6) is -0.162. The minimum atomic E-state index is -0.135. The Hall–Kier alpha value is -2.21. The van der Waals surface area contributed by atoms with Crippen LogP contribution in [-0.4, -0.2) is 23.3 Å². The zero-order valence-electron chi connectivity index (χ0n) is 10.7. The molecule has 20 heavy (non-hydrogen) atoms. The van der Waals surface area contributed by atoms with Crippen LogP contribution in [0.25, 0.3) is 0 Å². The first-order chi connectivity index (χ1) is 9.72. The van der Waals surface area contributed by atoms with Crippen LogP contribution in [0.1, 0.15) is 21.6 Å². The van der Waals surface area contributed by atoms with Gasteiger partial charge < -0.3 is 10.6 Å². The van der Waals surface area contributed by atoms with E-state index >= 15 is 0 Å². The Morgan fingerprint density at radius 3 is 3.15 bits per heavy atom. The van der Waals surface area contributed by atoms with Crippen molar-refractivity contribution in [3.05, 3.63) is 45.9 Å². The number of aromatic nitrogens is 1. The molecule has 2 heterocycles. The van der Waals surface area contributed by atoms with Gasteiger partial charge in [-0.25, -0.2) is 4.98 Å². The molecule has 1 aliphatic rings. The van der Waals surface area contributed by atoms with Gasteiger partial charge in [-0.2, -0.15) is 0 Å². The Morgan fingerprint density at radius 2 is 2.35 bits per heavy atom. The van der Waals surface area contributed by atoms with E-state index in [-0.39, 0.29) is 11.8 Å². The number of benzene rings is 1. The Balaban J connectivity index is 1.60. The molecule has 2 aromatic rings. The van der Waals surface area contributed by atoms with Gasteiger partial charge in [-0.1, -0.05) is 6.07 Å². The molecule has 3 rings (SSSR count). The minimum Gasteiger partial charge on any atom is -0.352 e. The minimum absolute atomic E-state index is 0.0268. The Labute approximate surface area is 120 Å². The smallest absolute Gasteiger partial charge is 0.251 e. The average Bonchev–Trinajstić information content (AvgIpc) is 3.05. The summed E-state index contributed by atoms with van der Waals surface area (Å²) in [4.78, 5) is 27.4. The molecule has 0 bridgehead atoms. The monoisotopic (exact) mass is 287 g/mol. The lowest BCUT2D eigenvalue weighted by atomic mass is 10.1. The van der Waals surface area contributed by atoms with Crippen molar-refractivity contribution in [2.24, 2.45) is 0 Å². The van der Waals surface area contributed by atoms with Crippen molar-refractivity contribution in [2.75, 3.05) is 11.9 Å². The zero-order valence-corrected chi connectivity index (χ0v) is 11.5. The summed E-state index contributed by atoms with van der Waals surface area (Å²) in [6.07, 6.45) is 1.11. The van der Waals surface area contributed by atoms with E-state index in [9.17, 15) is 9.59 Å². The van der Waals surface area contributed by atoms with Crippen LogP contribution in [0.2, 0.25) is 0 Å². The summed E-state index contributed by atoms with van der Waals surface area (Å²) in [6, 6.07) is 5.29. The van der Waals surface area contributed by atoms with Crippen LogP contribution in [-0.2, 0) is 17.6 Å². The van der Waals surface area contributed by atoms with Gasteiger partial charge in [0.25, 0.3) is 5.91 Å². The SMILES string of the molecule is O=C1Cc2ccc(C(=O)NCCc3cscn3)cc2N1. The van der Waals surface area contributed by atoms with Crippen molar-refractivity contribution in [3.8, 4) is 0 Å². The third kappa shape index (κ3) is 2.70. The molecule has 0 saturated carbocycles. The van der Waals surface area contributed by atoms with E-state index in [2.05, 4.69) is 15.6 Å². The third-order valence-corrected chi connectivity index (χ3v) is 3.78. The summed E-state index contributed by atoms with van der Waals surface area (Å²) < 4.78 is 0. The molecule has 0 unspecified atom stereocenters. The molecular formula is C14H13N3O2S. The maximum atomic E-state index is 12.0. The standard InChI is InChI=1S/C14H13N3O2S/c18-13-6-9-1-2-10(5-12(9)17-13)14(19)15-4-3-11-7-20-8-16-11/h1-2,5,7-8H,3-4,6H2,(H,15,19)(H,17,18). The van der Waals surface area contributed by atoms with Crippen molar-refractivity contribution >= 4 is 28.8 Å². The second kappa shape index (κ2) is 5.42. The highest BCUT2D eigenvalue weighted by molar-refractivity contribution is 7.07. The van der Waals surface area contributed by atoms with Crippen LogP contribution in [0.3, 0.4) is 0 Å². The second-order valence-corrected chi connectivity index (χ2v) is 5.30. The zero-order chi connectivity index (χ0) is 13.9. The number of carbonyl (C=O) groups excluding carboxylic acids is 2. The van der Waals surface area contributed by atoms with Gasteiger partial charge >= 0.3 is 0 Å². The predicted octanol–water partition coefficient (Wildman–Crippen LogP) is 1.61. The number of rotatable bonds is 4. The van der Waals surface area contributed by atoms with Crippen molar-refractivity contribution in [1.82, 2.24) is 10.3 Å². The number of thiazole rings is 1. The number of fused-ring (bicyclic) bond motifs is 1. The molecule has 1 aliphatic heterocycles. The van der Waals surface area contributed by atoms with Crippen molar-refractivity contribution < 1.29 is 9.59 Å². The number of hydrogen-bond acceptors (Lipinski definition) is 4. The van der Waals surface area contributed by atoms with E-state index in [1.54, 1.807) is 29.0 Å². The first kappa shape index (κ1) is 12.8. The molecule has 0 fully saturated rings. The topological polar surface area (TPSA) is 71.1 Å². The van der Waals surface area contributed by atoms with Gasteiger partial charge in [-0.3, -0.25) is 9.59 Å². The summed E-state index contributed by atoms with van der Waals surface area (Å²) in [7, 11) is 0. The average molecular weight is 287 g/mol. The van der Waals surface area contributed by atoms with Crippen molar-refractivity contribution in [1.29, 1.82) is 0 Å². The molecule has 0 atom stereocenters. The van der Waals surface area contributed by atoms with Gasteiger partial charge in [-0.15, -0.1) is 11.3 Å². The maximum absolute atomic E-state index is 12.0. The van der Waals surface area contributed by atoms with Gasteiger partial charge in [0.05, 0.1) is 17.6 Å². The van der Waals surface area contributed by atoms with Gasteiger partial charge in [0.1, 0.15) is 0 Å². The third-order valence-electron chi connectivity index (χ3n) is 3.15. The number of hydrogen-bond donors (Lipinski definition) is 2. The highest BCUT2D eigenvalue weighted by Gasteiger charge is 2.18. The first-order valence-corrected chi connectivity index (χ1v) is 7.25. The second-order valence-electron chi connectivity index (χ2n) is 4.58. The number of nitrogens with one attached hydrogen (secondary N) is 2. The van der Waals surface area contributed by atoms with Gasteiger partial charge in [-0.05, 0) is 17.7 Å². The fourth-order valence-corrected chi connectivity index (χ4v) is 2.72. The van der Waals surface area contributed by atoms with E-state index in [0.717, 1.165) is 23.4 Å². The highest BCUT2D eigenvalue weighted by Crippen LogP contribution is 2.23. The molecule has 0 saturated heterocycles. The molecule has 102 valence electrons. The van der Waals surface area contributed by atoms with Crippen molar-refractivity contribution in [3.63, 3.8) is 0 Å².